The Hall–Kier alpha value is -3.66. The topological polar surface area (TPSA) is 57.8 Å². The minimum Gasteiger partial charge on any atom is -0.348 e. The van der Waals surface area contributed by atoms with Gasteiger partial charge in [0, 0.05) is 17.5 Å². The summed E-state index contributed by atoms with van der Waals surface area (Å²) in [7, 11) is 0. The maximum Gasteiger partial charge on any atom is 0.251 e. The highest BCUT2D eigenvalue weighted by Gasteiger charge is 2.05. The van der Waals surface area contributed by atoms with Gasteiger partial charge in [-0.05, 0) is 35.4 Å². The summed E-state index contributed by atoms with van der Waals surface area (Å²) in [6, 6.07) is 25.4. The van der Waals surface area contributed by atoms with E-state index in [9.17, 15) is 4.79 Å². The zero-order valence-corrected chi connectivity index (χ0v) is 14.7. The predicted octanol–water partition coefficient (Wildman–Crippen LogP) is 4.66. The number of H-pyrrole nitrogens is 1. The molecule has 4 aromatic rings. The first-order valence-electron chi connectivity index (χ1n) is 8.83. The lowest BCUT2D eigenvalue weighted by Gasteiger charge is -2.05. The van der Waals surface area contributed by atoms with Crippen molar-refractivity contribution in [3.05, 3.63) is 101 Å². The van der Waals surface area contributed by atoms with Gasteiger partial charge in [0.1, 0.15) is 0 Å². The van der Waals surface area contributed by atoms with Crippen LogP contribution in [0.5, 0.6) is 0 Å². The molecule has 0 unspecified atom stereocenters. The minimum atomic E-state index is -0.0762. The Morgan fingerprint density at radius 2 is 1.63 bits per heavy atom. The van der Waals surface area contributed by atoms with Gasteiger partial charge in [0.2, 0.25) is 0 Å². The van der Waals surface area contributed by atoms with Crippen molar-refractivity contribution in [2.45, 2.75) is 6.54 Å². The van der Waals surface area contributed by atoms with E-state index in [1.54, 1.807) is 0 Å². The molecule has 1 aromatic heterocycles. The van der Waals surface area contributed by atoms with E-state index < -0.39 is 0 Å². The Morgan fingerprint density at radius 1 is 0.889 bits per heavy atom. The molecule has 1 heterocycles. The van der Waals surface area contributed by atoms with Crippen LogP contribution in [-0.2, 0) is 6.54 Å². The first-order chi connectivity index (χ1) is 13.3. The van der Waals surface area contributed by atoms with Gasteiger partial charge in [0.05, 0.1) is 11.2 Å². The number of para-hydroxylation sites is 1. The first-order valence-corrected chi connectivity index (χ1v) is 8.83. The van der Waals surface area contributed by atoms with Crippen LogP contribution in [0.4, 0.5) is 0 Å². The zero-order valence-electron chi connectivity index (χ0n) is 14.7. The van der Waals surface area contributed by atoms with Crippen molar-refractivity contribution >= 4 is 29.0 Å². The SMILES string of the molecule is O=C(NCc1ccccc1)c1ccc(C=Cc2n[nH]c3ccccc23)cc1. The fourth-order valence-corrected chi connectivity index (χ4v) is 2.91. The van der Waals surface area contributed by atoms with E-state index >= 15 is 0 Å². The molecule has 3 aromatic carbocycles. The number of rotatable bonds is 5. The van der Waals surface area contributed by atoms with Gasteiger partial charge in [-0.2, -0.15) is 5.10 Å². The molecule has 2 N–H and O–H groups in total. The lowest BCUT2D eigenvalue weighted by Crippen LogP contribution is -2.22. The predicted molar refractivity (Wildman–Crippen MR) is 109 cm³/mol. The van der Waals surface area contributed by atoms with Crippen LogP contribution in [-0.4, -0.2) is 16.1 Å². The molecule has 27 heavy (non-hydrogen) atoms. The fourth-order valence-electron chi connectivity index (χ4n) is 2.91. The van der Waals surface area contributed by atoms with E-state index in [2.05, 4.69) is 15.5 Å². The molecular formula is C23H19N3O. The lowest BCUT2D eigenvalue weighted by molar-refractivity contribution is 0.0951. The number of amides is 1. The van der Waals surface area contributed by atoms with Crippen molar-refractivity contribution < 1.29 is 4.79 Å². The van der Waals surface area contributed by atoms with Gasteiger partial charge in [0.25, 0.3) is 5.91 Å². The van der Waals surface area contributed by atoms with Gasteiger partial charge in [-0.25, -0.2) is 0 Å². The van der Waals surface area contributed by atoms with Crippen molar-refractivity contribution in [3.63, 3.8) is 0 Å². The third-order valence-corrected chi connectivity index (χ3v) is 4.40. The molecule has 0 aliphatic heterocycles. The van der Waals surface area contributed by atoms with Crippen molar-refractivity contribution in [1.82, 2.24) is 15.5 Å². The number of hydrogen-bond donors (Lipinski definition) is 2. The Morgan fingerprint density at radius 3 is 2.44 bits per heavy atom. The second-order valence-electron chi connectivity index (χ2n) is 6.28. The standard InChI is InChI=1S/C23H19N3O/c27-23(24-16-18-6-2-1-3-7-18)19-13-10-17(11-14-19)12-15-22-20-8-4-5-9-21(20)25-26-22/h1-15H,16H2,(H,24,27)(H,25,26). The summed E-state index contributed by atoms with van der Waals surface area (Å²) < 4.78 is 0. The van der Waals surface area contributed by atoms with E-state index in [-0.39, 0.29) is 5.91 Å². The smallest absolute Gasteiger partial charge is 0.251 e. The quantitative estimate of drug-likeness (QED) is 0.548. The number of nitrogens with one attached hydrogen (secondary N) is 2. The molecule has 0 aliphatic carbocycles. The van der Waals surface area contributed by atoms with Crippen LogP contribution < -0.4 is 5.32 Å². The average molecular weight is 353 g/mol. The normalized spacial score (nSPS) is 11.1. The molecule has 0 saturated heterocycles. The summed E-state index contributed by atoms with van der Waals surface area (Å²) in [5.74, 6) is -0.0762. The van der Waals surface area contributed by atoms with Crippen LogP contribution in [0, 0.1) is 0 Å². The van der Waals surface area contributed by atoms with Gasteiger partial charge in [-0.3, -0.25) is 9.89 Å². The third kappa shape index (κ3) is 3.96. The molecule has 132 valence electrons. The Labute approximate surface area is 157 Å². The summed E-state index contributed by atoms with van der Waals surface area (Å²) in [4.78, 5) is 12.3. The molecule has 0 atom stereocenters. The largest absolute Gasteiger partial charge is 0.348 e. The molecule has 4 heteroatoms. The number of nitrogens with zero attached hydrogens (tertiary/aromatic N) is 1. The number of fused-ring (bicyclic) bond motifs is 1. The number of benzene rings is 3. The van der Waals surface area contributed by atoms with E-state index in [4.69, 9.17) is 0 Å². The van der Waals surface area contributed by atoms with Gasteiger partial charge in [-0.1, -0.05) is 66.7 Å². The van der Waals surface area contributed by atoms with E-state index in [1.165, 1.54) is 0 Å². The summed E-state index contributed by atoms with van der Waals surface area (Å²) in [6.07, 6.45) is 3.97. The lowest BCUT2D eigenvalue weighted by atomic mass is 10.1. The molecule has 0 aliphatic rings. The molecule has 4 rings (SSSR count). The molecule has 0 saturated carbocycles. The molecule has 4 nitrogen and oxygen atoms in total. The van der Waals surface area contributed by atoms with Crippen LogP contribution in [0.2, 0.25) is 0 Å². The van der Waals surface area contributed by atoms with Crippen LogP contribution in [0.1, 0.15) is 27.2 Å². The number of carbonyl (C=O) groups is 1. The monoisotopic (exact) mass is 353 g/mol. The Bertz CT molecular complexity index is 1080. The van der Waals surface area contributed by atoms with Gasteiger partial charge < -0.3 is 5.32 Å². The highest BCUT2D eigenvalue weighted by Crippen LogP contribution is 2.17. The number of aromatic nitrogens is 2. The highest BCUT2D eigenvalue weighted by molar-refractivity contribution is 5.94. The summed E-state index contributed by atoms with van der Waals surface area (Å²) >= 11 is 0. The maximum absolute atomic E-state index is 12.3. The van der Waals surface area contributed by atoms with Crippen molar-refractivity contribution in [3.8, 4) is 0 Å². The second kappa shape index (κ2) is 7.70. The zero-order chi connectivity index (χ0) is 18.5. The minimum absolute atomic E-state index is 0.0762. The Kier molecular flexibility index (Phi) is 4.79. The molecule has 0 radical (unpaired) electrons. The third-order valence-electron chi connectivity index (χ3n) is 4.40. The van der Waals surface area contributed by atoms with Gasteiger partial charge in [-0.15, -0.1) is 0 Å². The average Bonchev–Trinajstić information content (AvgIpc) is 3.15. The van der Waals surface area contributed by atoms with Crippen molar-refractivity contribution in [2.75, 3.05) is 0 Å². The van der Waals surface area contributed by atoms with Gasteiger partial charge in [0.15, 0.2) is 0 Å². The molecule has 0 bridgehead atoms. The molecular weight excluding hydrogens is 334 g/mol. The molecule has 1 amide bonds. The summed E-state index contributed by atoms with van der Waals surface area (Å²) in [6.45, 7) is 0.521. The van der Waals surface area contributed by atoms with E-state index in [1.807, 2.05) is 91.0 Å². The maximum atomic E-state index is 12.3. The van der Waals surface area contributed by atoms with Gasteiger partial charge >= 0.3 is 0 Å². The van der Waals surface area contributed by atoms with Crippen molar-refractivity contribution in [1.29, 1.82) is 0 Å². The van der Waals surface area contributed by atoms with Crippen LogP contribution in [0.3, 0.4) is 0 Å². The summed E-state index contributed by atoms with van der Waals surface area (Å²) in [5.41, 5.74) is 4.66. The van der Waals surface area contributed by atoms with E-state index in [0.717, 1.165) is 27.7 Å². The second-order valence-corrected chi connectivity index (χ2v) is 6.28. The van der Waals surface area contributed by atoms with Crippen LogP contribution >= 0.6 is 0 Å². The van der Waals surface area contributed by atoms with E-state index in [0.29, 0.717) is 12.1 Å². The number of hydrogen-bond acceptors (Lipinski definition) is 2. The molecule has 0 spiro atoms. The number of carbonyl (C=O) groups excluding carboxylic acids is 1. The first kappa shape index (κ1) is 16.8. The molecule has 0 fully saturated rings. The van der Waals surface area contributed by atoms with Crippen molar-refractivity contribution in [2.24, 2.45) is 0 Å². The number of aromatic amines is 1. The highest BCUT2D eigenvalue weighted by atomic mass is 16.1. The Balaban J connectivity index is 1.42. The fraction of sp³-hybridized carbons (Fsp3) is 0.0435. The van der Waals surface area contributed by atoms with Crippen LogP contribution in [0.15, 0.2) is 78.9 Å². The summed E-state index contributed by atoms with van der Waals surface area (Å²) in [5, 5.41) is 11.4. The van der Waals surface area contributed by atoms with Crippen LogP contribution in [0.25, 0.3) is 23.1 Å².